The molecule has 4 rings (SSSR count). The molecule has 0 spiro atoms. The van der Waals surface area contributed by atoms with Gasteiger partial charge in [0.25, 0.3) is 5.56 Å². The van der Waals surface area contributed by atoms with Crippen LogP contribution in [-0.4, -0.2) is 15.3 Å². The average molecular weight is 375 g/mol. The smallest absolute Gasteiger partial charge is 0.263 e. The van der Waals surface area contributed by atoms with E-state index in [9.17, 15) is 9.59 Å². The van der Waals surface area contributed by atoms with Gasteiger partial charge in [-0.15, -0.1) is 0 Å². The Hall–Kier alpha value is -3.24. The van der Waals surface area contributed by atoms with Gasteiger partial charge in [-0.05, 0) is 29.3 Å². The highest BCUT2D eigenvalue weighted by atomic mass is 35.5. The molecule has 0 aliphatic heterocycles. The van der Waals surface area contributed by atoms with Crippen molar-refractivity contribution in [2.24, 2.45) is 0 Å². The summed E-state index contributed by atoms with van der Waals surface area (Å²) in [6.07, 6.45) is 0. The number of rotatable bonds is 4. The largest absolute Gasteiger partial charge is 0.291 e. The molecule has 0 aliphatic rings. The van der Waals surface area contributed by atoms with Crippen molar-refractivity contribution < 1.29 is 4.79 Å². The normalized spacial score (nSPS) is 12.0. The van der Waals surface area contributed by atoms with Crippen LogP contribution in [-0.2, 0) is 0 Å². The summed E-state index contributed by atoms with van der Waals surface area (Å²) in [6, 6.07) is 24.1. The molecular weight excluding hydrogens is 360 g/mol. The zero-order valence-electron chi connectivity index (χ0n) is 14.2. The van der Waals surface area contributed by atoms with Gasteiger partial charge in [0, 0.05) is 5.56 Å². The molecule has 1 unspecified atom stereocenters. The summed E-state index contributed by atoms with van der Waals surface area (Å²) in [4.78, 5) is 30.9. The quantitative estimate of drug-likeness (QED) is 0.390. The minimum atomic E-state index is -0.897. The van der Waals surface area contributed by atoms with E-state index >= 15 is 0 Å². The van der Waals surface area contributed by atoms with Crippen LogP contribution in [0.1, 0.15) is 22.0 Å². The molecule has 4 aromatic rings. The lowest BCUT2D eigenvalue weighted by molar-refractivity contribution is 0.0944. The predicted octanol–water partition coefficient (Wildman–Crippen LogP) is 4.52. The molecule has 0 bridgehead atoms. The van der Waals surface area contributed by atoms with Gasteiger partial charge in [-0.1, -0.05) is 72.8 Å². The van der Waals surface area contributed by atoms with Crippen molar-refractivity contribution >= 4 is 28.3 Å². The van der Waals surface area contributed by atoms with Crippen molar-refractivity contribution in [2.45, 2.75) is 6.04 Å². The predicted molar refractivity (Wildman–Crippen MR) is 106 cm³/mol. The molecule has 1 heterocycles. The first-order chi connectivity index (χ1) is 13.2. The van der Waals surface area contributed by atoms with Gasteiger partial charge in [0.2, 0.25) is 5.28 Å². The zero-order valence-corrected chi connectivity index (χ0v) is 15.0. The van der Waals surface area contributed by atoms with Crippen LogP contribution in [0.5, 0.6) is 0 Å². The SMILES string of the molecule is O=C(c1ccccc1)C(c1ccccc1)n1c(Cl)nc2ccccc2c1=O. The van der Waals surface area contributed by atoms with Crippen LogP contribution < -0.4 is 5.56 Å². The molecule has 1 atom stereocenters. The summed E-state index contributed by atoms with van der Waals surface area (Å²) in [5, 5.41) is 0.403. The van der Waals surface area contributed by atoms with E-state index in [1.54, 1.807) is 48.5 Å². The van der Waals surface area contributed by atoms with Gasteiger partial charge in [0.1, 0.15) is 6.04 Å². The lowest BCUT2D eigenvalue weighted by Crippen LogP contribution is -2.32. The first-order valence-corrected chi connectivity index (χ1v) is 8.85. The number of aromatic nitrogens is 2. The highest BCUT2D eigenvalue weighted by Gasteiger charge is 2.27. The zero-order chi connectivity index (χ0) is 18.8. The van der Waals surface area contributed by atoms with E-state index in [4.69, 9.17) is 11.6 Å². The lowest BCUT2D eigenvalue weighted by Gasteiger charge is -2.21. The molecular formula is C22H15ClN2O2. The van der Waals surface area contributed by atoms with Crippen molar-refractivity contribution in [3.05, 3.63) is 112 Å². The van der Waals surface area contributed by atoms with Gasteiger partial charge in [0.15, 0.2) is 5.78 Å². The molecule has 3 aromatic carbocycles. The number of carbonyl (C=O) groups is 1. The molecule has 0 N–H and O–H groups in total. The van der Waals surface area contributed by atoms with Gasteiger partial charge in [-0.3, -0.25) is 14.2 Å². The standard InChI is InChI=1S/C22H15ClN2O2/c23-22-24-18-14-8-7-13-17(18)21(27)25(22)19(15-9-3-1-4-10-15)20(26)16-11-5-2-6-12-16/h1-14,19H. The number of benzene rings is 3. The first kappa shape index (κ1) is 17.2. The van der Waals surface area contributed by atoms with Gasteiger partial charge < -0.3 is 0 Å². The van der Waals surface area contributed by atoms with Crippen LogP contribution in [0.3, 0.4) is 0 Å². The third-order valence-corrected chi connectivity index (χ3v) is 4.71. The third kappa shape index (κ3) is 3.15. The summed E-state index contributed by atoms with van der Waals surface area (Å²) in [5.41, 5.74) is 1.33. The summed E-state index contributed by atoms with van der Waals surface area (Å²) in [7, 11) is 0. The first-order valence-electron chi connectivity index (χ1n) is 8.48. The Morgan fingerprint density at radius 3 is 2.15 bits per heavy atom. The fraction of sp³-hybridized carbons (Fsp3) is 0.0455. The Morgan fingerprint density at radius 2 is 1.44 bits per heavy atom. The van der Waals surface area contributed by atoms with Gasteiger partial charge in [-0.25, -0.2) is 4.98 Å². The maximum absolute atomic E-state index is 13.3. The van der Waals surface area contributed by atoms with Crippen LogP contribution in [0.15, 0.2) is 89.7 Å². The number of fused-ring (bicyclic) bond motifs is 1. The fourth-order valence-corrected chi connectivity index (χ4v) is 3.42. The van der Waals surface area contributed by atoms with Crippen LogP contribution in [0, 0.1) is 0 Å². The molecule has 0 saturated heterocycles. The molecule has 0 fully saturated rings. The van der Waals surface area contributed by atoms with E-state index in [1.165, 1.54) is 4.57 Å². The number of hydrogen-bond acceptors (Lipinski definition) is 3. The Bertz CT molecular complexity index is 1170. The highest BCUT2D eigenvalue weighted by molar-refractivity contribution is 6.29. The Balaban J connectivity index is 1.99. The summed E-state index contributed by atoms with van der Waals surface area (Å²) in [5.74, 6) is -0.220. The Morgan fingerprint density at radius 1 is 0.852 bits per heavy atom. The minimum Gasteiger partial charge on any atom is -0.291 e. The molecule has 1 aromatic heterocycles. The number of hydrogen-bond donors (Lipinski definition) is 0. The topological polar surface area (TPSA) is 52.0 Å². The van der Waals surface area contributed by atoms with E-state index in [2.05, 4.69) is 4.98 Å². The van der Waals surface area contributed by atoms with E-state index in [0.717, 1.165) is 0 Å². The van der Waals surface area contributed by atoms with E-state index in [0.29, 0.717) is 22.0 Å². The second-order valence-corrected chi connectivity index (χ2v) is 6.45. The van der Waals surface area contributed by atoms with Crippen molar-refractivity contribution in [3.8, 4) is 0 Å². The Labute approximate surface area is 160 Å². The van der Waals surface area contributed by atoms with Crippen molar-refractivity contribution in [2.75, 3.05) is 0 Å². The van der Waals surface area contributed by atoms with Crippen LogP contribution in [0.2, 0.25) is 5.28 Å². The molecule has 0 saturated carbocycles. The van der Waals surface area contributed by atoms with Crippen molar-refractivity contribution in [1.82, 2.24) is 9.55 Å². The number of carbonyl (C=O) groups excluding carboxylic acids is 1. The van der Waals surface area contributed by atoms with Crippen LogP contribution in [0.4, 0.5) is 0 Å². The molecule has 132 valence electrons. The number of nitrogens with zero attached hydrogens (tertiary/aromatic N) is 2. The number of Topliss-reactive ketones (excluding diaryl/α,β-unsaturated/α-hetero) is 1. The fourth-order valence-electron chi connectivity index (χ4n) is 3.16. The Kier molecular flexibility index (Phi) is 4.57. The monoisotopic (exact) mass is 374 g/mol. The maximum atomic E-state index is 13.3. The lowest BCUT2D eigenvalue weighted by atomic mass is 9.97. The summed E-state index contributed by atoms with van der Waals surface area (Å²) < 4.78 is 1.27. The van der Waals surface area contributed by atoms with Crippen LogP contribution >= 0.6 is 11.6 Å². The minimum absolute atomic E-state index is 0.0168. The van der Waals surface area contributed by atoms with E-state index in [-0.39, 0.29) is 16.6 Å². The van der Waals surface area contributed by atoms with Crippen molar-refractivity contribution in [3.63, 3.8) is 0 Å². The second-order valence-electron chi connectivity index (χ2n) is 6.12. The maximum Gasteiger partial charge on any atom is 0.263 e. The third-order valence-electron chi connectivity index (χ3n) is 4.44. The van der Waals surface area contributed by atoms with Gasteiger partial charge >= 0.3 is 0 Å². The molecule has 27 heavy (non-hydrogen) atoms. The molecule has 0 aliphatic carbocycles. The van der Waals surface area contributed by atoms with E-state index < -0.39 is 6.04 Å². The van der Waals surface area contributed by atoms with Crippen molar-refractivity contribution in [1.29, 1.82) is 0 Å². The summed E-state index contributed by atoms with van der Waals surface area (Å²) in [6.45, 7) is 0. The number of ketones is 1. The summed E-state index contributed by atoms with van der Waals surface area (Å²) >= 11 is 6.38. The highest BCUT2D eigenvalue weighted by Crippen LogP contribution is 2.25. The van der Waals surface area contributed by atoms with Gasteiger partial charge in [-0.2, -0.15) is 0 Å². The number of para-hydroxylation sites is 1. The second kappa shape index (κ2) is 7.17. The van der Waals surface area contributed by atoms with Crippen LogP contribution in [0.25, 0.3) is 10.9 Å². The molecule has 0 amide bonds. The average Bonchev–Trinajstić information content (AvgIpc) is 2.72. The molecule has 0 radical (unpaired) electrons. The van der Waals surface area contributed by atoms with E-state index in [1.807, 2.05) is 36.4 Å². The number of halogens is 1. The van der Waals surface area contributed by atoms with Gasteiger partial charge in [0.05, 0.1) is 10.9 Å². The molecule has 4 nitrogen and oxygen atoms in total. The molecule has 5 heteroatoms.